The highest BCUT2D eigenvalue weighted by Crippen LogP contribution is 2.26. The molecule has 0 aromatic heterocycles. The van der Waals surface area contributed by atoms with Crippen molar-refractivity contribution in [2.75, 3.05) is 0 Å². The van der Waals surface area contributed by atoms with Crippen LogP contribution in [0.3, 0.4) is 0 Å². The van der Waals surface area contributed by atoms with Crippen molar-refractivity contribution in [1.29, 1.82) is 0 Å². The Balaban J connectivity index is 1.45. The van der Waals surface area contributed by atoms with Gasteiger partial charge in [0.05, 0.1) is 0 Å². The van der Waals surface area contributed by atoms with E-state index in [4.69, 9.17) is 4.74 Å². The molecule has 2 heteroatoms. The number of rotatable bonds is 5. The molecule has 0 aliphatic carbocycles. The minimum Gasteiger partial charge on any atom is -0.489 e. The van der Waals surface area contributed by atoms with E-state index in [2.05, 4.69) is 36.4 Å². The average molecular weight is 354 g/mol. The summed E-state index contributed by atoms with van der Waals surface area (Å²) in [5.41, 5.74) is 5.26. The maximum Gasteiger partial charge on any atom is 0.123 e. The third-order valence-electron chi connectivity index (χ3n) is 4.48. The van der Waals surface area contributed by atoms with E-state index >= 15 is 0 Å². The van der Waals surface area contributed by atoms with Crippen molar-refractivity contribution in [2.45, 2.75) is 6.61 Å². The van der Waals surface area contributed by atoms with Crippen LogP contribution in [-0.4, -0.2) is 0 Å². The van der Waals surface area contributed by atoms with Gasteiger partial charge in [-0.2, -0.15) is 0 Å². The second-order valence-electron chi connectivity index (χ2n) is 6.39. The molecule has 27 heavy (non-hydrogen) atoms. The second kappa shape index (κ2) is 7.88. The largest absolute Gasteiger partial charge is 0.489 e. The molecule has 0 aliphatic rings. The molecule has 4 aromatic carbocycles. The van der Waals surface area contributed by atoms with E-state index in [9.17, 15) is 4.39 Å². The van der Waals surface area contributed by atoms with Gasteiger partial charge in [-0.3, -0.25) is 0 Å². The molecule has 0 heterocycles. The molecule has 132 valence electrons. The van der Waals surface area contributed by atoms with E-state index in [1.54, 1.807) is 12.1 Å². The summed E-state index contributed by atoms with van der Waals surface area (Å²) in [5, 5.41) is 0. The molecule has 0 saturated carbocycles. The Hall–Kier alpha value is -3.39. The highest BCUT2D eigenvalue weighted by atomic mass is 19.1. The molecule has 4 aromatic rings. The van der Waals surface area contributed by atoms with Crippen LogP contribution in [0.5, 0.6) is 5.75 Å². The van der Waals surface area contributed by atoms with Crippen molar-refractivity contribution in [3.05, 3.63) is 115 Å². The van der Waals surface area contributed by atoms with Crippen molar-refractivity contribution in [1.82, 2.24) is 0 Å². The molecule has 0 aliphatic heterocycles. The summed E-state index contributed by atoms with van der Waals surface area (Å²) in [6.07, 6.45) is 0. The zero-order valence-corrected chi connectivity index (χ0v) is 14.8. The maximum atomic E-state index is 13.4. The first-order valence-corrected chi connectivity index (χ1v) is 8.91. The first-order valence-electron chi connectivity index (χ1n) is 8.91. The summed E-state index contributed by atoms with van der Waals surface area (Å²) in [5.74, 6) is 0.627. The van der Waals surface area contributed by atoms with Gasteiger partial charge in [-0.05, 0) is 52.1 Å². The summed E-state index contributed by atoms with van der Waals surface area (Å²) >= 11 is 0. The summed E-state index contributed by atoms with van der Waals surface area (Å²) in [4.78, 5) is 0. The monoisotopic (exact) mass is 354 g/mol. The van der Waals surface area contributed by atoms with E-state index in [1.165, 1.54) is 6.07 Å². The van der Waals surface area contributed by atoms with Crippen LogP contribution in [-0.2, 0) is 6.61 Å². The minimum atomic E-state index is -0.220. The smallest absolute Gasteiger partial charge is 0.123 e. The zero-order valence-electron chi connectivity index (χ0n) is 14.8. The van der Waals surface area contributed by atoms with Gasteiger partial charge in [0.15, 0.2) is 0 Å². The molecular formula is C25H19FO. The SMILES string of the molecule is Fc1cccc(-c2ccc(-c3ccc(OCc4ccccc4)cc3)cc2)c1. The predicted molar refractivity (Wildman–Crippen MR) is 108 cm³/mol. The first kappa shape index (κ1) is 17.0. The molecule has 0 N–H and O–H groups in total. The number of hydrogen-bond acceptors (Lipinski definition) is 1. The lowest BCUT2D eigenvalue weighted by molar-refractivity contribution is 0.306. The standard InChI is InChI=1S/C25H19FO/c26-24-8-4-7-23(17-24)22-11-9-20(10-12-22)21-13-15-25(16-14-21)27-18-19-5-2-1-3-6-19/h1-17H,18H2. The van der Waals surface area contributed by atoms with Gasteiger partial charge in [0.25, 0.3) is 0 Å². The van der Waals surface area contributed by atoms with Crippen LogP contribution in [0.25, 0.3) is 22.3 Å². The zero-order chi connectivity index (χ0) is 18.5. The molecule has 0 unspecified atom stereocenters. The highest BCUT2D eigenvalue weighted by molar-refractivity contribution is 5.70. The van der Waals surface area contributed by atoms with Crippen molar-refractivity contribution in [3.8, 4) is 28.0 Å². The van der Waals surface area contributed by atoms with E-state index in [1.807, 2.05) is 48.5 Å². The number of hydrogen-bond donors (Lipinski definition) is 0. The molecule has 0 spiro atoms. The van der Waals surface area contributed by atoms with Gasteiger partial charge in [0.1, 0.15) is 18.2 Å². The number of halogens is 1. The van der Waals surface area contributed by atoms with E-state index in [0.29, 0.717) is 6.61 Å². The Morgan fingerprint density at radius 3 is 1.78 bits per heavy atom. The fourth-order valence-corrected chi connectivity index (χ4v) is 3.01. The van der Waals surface area contributed by atoms with Crippen LogP contribution in [0.2, 0.25) is 0 Å². The summed E-state index contributed by atoms with van der Waals surface area (Å²) in [6, 6.07) is 33.0. The molecule has 0 atom stereocenters. The van der Waals surface area contributed by atoms with Gasteiger partial charge in [-0.15, -0.1) is 0 Å². The third-order valence-corrected chi connectivity index (χ3v) is 4.48. The Bertz CT molecular complexity index is 1010. The molecule has 0 fully saturated rings. The Labute approximate surface area is 158 Å². The normalized spacial score (nSPS) is 10.6. The van der Waals surface area contributed by atoms with Crippen LogP contribution in [0.4, 0.5) is 4.39 Å². The van der Waals surface area contributed by atoms with Gasteiger partial charge in [0, 0.05) is 0 Å². The van der Waals surface area contributed by atoms with Crippen molar-refractivity contribution in [3.63, 3.8) is 0 Å². The number of ether oxygens (including phenoxy) is 1. The molecule has 0 saturated heterocycles. The molecular weight excluding hydrogens is 335 g/mol. The molecule has 0 bridgehead atoms. The van der Waals surface area contributed by atoms with E-state index < -0.39 is 0 Å². The Morgan fingerprint density at radius 1 is 0.556 bits per heavy atom. The molecule has 4 rings (SSSR count). The quantitative estimate of drug-likeness (QED) is 0.386. The van der Waals surface area contributed by atoms with Gasteiger partial charge < -0.3 is 4.74 Å². The van der Waals surface area contributed by atoms with Crippen LogP contribution >= 0.6 is 0 Å². The first-order chi connectivity index (χ1) is 13.3. The van der Waals surface area contributed by atoms with Gasteiger partial charge >= 0.3 is 0 Å². The number of benzene rings is 4. The summed E-state index contributed by atoms with van der Waals surface area (Å²) in [6.45, 7) is 0.558. The molecule has 1 nitrogen and oxygen atoms in total. The van der Waals surface area contributed by atoms with E-state index in [-0.39, 0.29) is 5.82 Å². The fourth-order valence-electron chi connectivity index (χ4n) is 3.01. The van der Waals surface area contributed by atoms with Crippen molar-refractivity contribution < 1.29 is 9.13 Å². The van der Waals surface area contributed by atoms with Crippen LogP contribution < -0.4 is 4.74 Å². The third kappa shape index (κ3) is 4.24. The van der Waals surface area contributed by atoms with Crippen molar-refractivity contribution in [2.24, 2.45) is 0 Å². The summed E-state index contributed by atoms with van der Waals surface area (Å²) < 4.78 is 19.2. The predicted octanol–water partition coefficient (Wildman–Crippen LogP) is 6.74. The van der Waals surface area contributed by atoms with Gasteiger partial charge in [-0.1, -0.05) is 78.9 Å². The van der Waals surface area contributed by atoms with Gasteiger partial charge in [-0.25, -0.2) is 4.39 Å². The average Bonchev–Trinajstić information content (AvgIpc) is 2.74. The molecule has 0 amide bonds. The minimum absolute atomic E-state index is 0.220. The van der Waals surface area contributed by atoms with Gasteiger partial charge in [0.2, 0.25) is 0 Å². The molecule has 0 radical (unpaired) electrons. The van der Waals surface area contributed by atoms with Crippen LogP contribution in [0.15, 0.2) is 103 Å². The lowest BCUT2D eigenvalue weighted by atomic mass is 10.0. The second-order valence-corrected chi connectivity index (χ2v) is 6.39. The topological polar surface area (TPSA) is 9.23 Å². The lowest BCUT2D eigenvalue weighted by Crippen LogP contribution is -1.94. The highest BCUT2D eigenvalue weighted by Gasteiger charge is 2.02. The van der Waals surface area contributed by atoms with E-state index in [0.717, 1.165) is 33.6 Å². The maximum absolute atomic E-state index is 13.4. The Kier molecular flexibility index (Phi) is 4.97. The van der Waals surface area contributed by atoms with Crippen molar-refractivity contribution >= 4 is 0 Å². The Morgan fingerprint density at radius 2 is 1.15 bits per heavy atom. The fraction of sp³-hybridized carbons (Fsp3) is 0.0400. The summed E-state index contributed by atoms with van der Waals surface area (Å²) in [7, 11) is 0. The van der Waals surface area contributed by atoms with Crippen LogP contribution in [0, 0.1) is 5.82 Å². The van der Waals surface area contributed by atoms with Crippen LogP contribution in [0.1, 0.15) is 5.56 Å². The lowest BCUT2D eigenvalue weighted by Gasteiger charge is -2.08.